The molecule has 0 aromatic heterocycles. The van der Waals surface area contributed by atoms with Crippen LogP contribution in [0.3, 0.4) is 0 Å². The molecule has 1 atom stereocenters. The molecule has 1 amide bonds. The lowest BCUT2D eigenvalue weighted by molar-refractivity contribution is -0.140. The summed E-state index contributed by atoms with van der Waals surface area (Å²) in [6.45, 7) is 0.553. The molecule has 1 aliphatic rings. The average molecular weight is 380 g/mol. The van der Waals surface area contributed by atoms with Gasteiger partial charge in [-0.25, -0.2) is 0 Å². The second-order valence-corrected chi connectivity index (χ2v) is 6.84. The van der Waals surface area contributed by atoms with Crippen LogP contribution in [-0.2, 0) is 14.3 Å². The molecule has 0 spiro atoms. The van der Waals surface area contributed by atoms with Gasteiger partial charge in [-0.1, -0.05) is 42.5 Å². The van der Waals surface area contributed by atoms with Gasteiger partial charge < -0.3 is 19.6 Å². The van der Waals surface area contributed by atoms with E-state index in [1.165, 1.54) is 4.90 Å². The predicted molar refractivity (Wildman–Crippen MR) is 108 cm³/mol. The molecule has 2 aromatic rings. The van der Waals surface area contributed by atoms with E-state index in [9.17, 15) is 14.7 Å². The van der Waals surface area contributed by atoms with E-state index in [1.54, 1.807) is 31.4 Å². The number of methoxy groups -OCH3 is 1. The van der Waals surface area contributed by atoms with Crippen molar-refractivity contribution >= 4 is 23.1 Å². The zero-order valence-electron chi connectivity index (χ0n) is 16.3. The van der Waals surface area contributed by atoms with Gasteiger partial charge in [0.15, 0.2) is 0 Å². The fourth-order valence-corrected chi connectivity index (χ4v) is 3.35. The van der Waals surface area contributed by atoms with Crippen molar-refractivity contribution in [2.24, 2.45) is 0 Å². The van der Waals surface area contributed by atoms with Crippen molar-refractivity contribution in [1.82, 2.24) is 4.90 Å². The lowest BCUT2D eigenvalue weighted by Gasteiger charge is -2.25. The SMILES string of the molecule is COCCN1C(=O)C(=O)C(=C(O)c2ccccc2)[C@H]1c1ccc(N(C)C)cc1. The zero-order valence-corrected chi connectivity index (χ0v) is 16.3. The molecule has 1 N–H and O–H groups in total. The number of rotatable bonds is 6. The van der Waals surface area contributed by atoms with Crippen molar-refractivity contribution < 1.29 is 19.4 Å². The summed E-state index contributed by atoms with van der Waals surface area (Å²) in [5.41, 5.74) is 2.37. The maximum atomic E-state index is 12.8. The first-order valence-electron chi connectivity index (χ1n) is 9.05. The number of aliphatic hydroxyl groups is 1. The van der Waals surface area contributed by atoms with Gasteiger partial charge in [0.1, 0.15) is 5.76 Å². The summed E-state index contributed by atoms with van der Waals surface area (Å²) in [7, 11) is 5.42. The Hall–Kier alpha value is -3.12. The van der Waals surface area contributed by atoms with Gasteiger partial charge in [-0.05, 0) is 17.7 Å². The van der Waals surface area contributed by atoms with Gasteiger partial charge in [0.05, 0.1) is 18.2 Å². The van der Waals surface area contributed by atoms with Crippen molar-refractivity contribution in [3.63, 3.8) is 0 Å². The molecule has 28 heavy (non-hydrogen) atoms. The number of aliphatic hydroxyl groups excluding tert-OH is 1. The molecule has 6 heteroatoms. The number of benzene rings is 2. The van der Waals surface area contributed by atoms with E-state index in [4.69, 9.17) is 4.74 Å². The summed E-state index contributed by atoms with van der Waals surface area (Å²) < 4.78 is 5.11. The highest BCUT2D eigenvalue weighted by atomic mass is 16.5. The summed E-state index contributed by atoms with van der Waals surface area (Å²) in [4.78, 5) is 28.9. The van der Waals surface area contributed by atoms with Gasteiger partial charge in [-0.15, -0.1) is 0 Å². The van der Waals surface area contributed by atoms with Crippen LogP contribution in [0.25, 0.3) is 5.76 Å². The Morgan fingerprint density at radius 1 is 1.07 bits per heavy atom. The fourth-order valence-electron chi connectivity index (χ4n) is 3.35. The molecule has 1 fully saturated rings. The van der Waals surface area contributed by atoms with Crippen LogP contribution in [0.5, 0.6) is 0 Å². The molecule has 1 aliphatic heterocycles. The van der Waals surface area contributed by atoms with E-state index >= 15 is 0 Å². The lowest BCUT2D eigenvalue weighted by atomic mass is 9.95. The number of amides is 1. The minimum absolute atomic E-state index is 0.102. The third-order valence-corrected chi connectivity index (χ3v) is 4.85. The Labute approximate surface area is 164 Å². The van der Waals surface area contributed by atoms with Gasteiger partial charge in [0.2, 0.25) is 0 Å². The number of anilines is 1. The summed E-state index contributed by atoms with van der Waals surface area (Å²) in [6.07, 6.45) is 0. The molecule has 0 unspecified atom stereocenters. The maximum Gasteiger partial charge on any atom is 0.295 e. The Balaban J connectivity index is 2.12. The molecule has 2 aromatic carbocycles. The highest BCUT2D eigenvalue weighted by molar-refractivity contribution is 6.46. The first kappa shape index (κ1) is 19.6. The fraction of sp³-hybridized carbons (Fsp3) is 0.273. The number of ether oxygens (including phenoxy) is 1. The number of carbonyl (C=O) groups is 2. The molecule has 0 bridgehead atoms. The number of carbonyl (C=O) groups excluding carboxylic acids is 2. The predicted octanol–water partition coefficient (Wildman–Crippen LogP) is 2.82. The third kappa shape index (κ3) is 3.64. The summed E-state index contributed by atoms with van der Waals surface area (Å²) in [6, 6.07) is 15.7. The summed E-state index contributed by atoms with van der Waals surface area (Å²) >= 11 is 0. The maximum absolute atomic E-state index is 12.8. The Bertz CT molecular complexity index is 889. The molecular weight excluding hydrogens is 356 g/mol. The molecular formula is C22H24N2O4. The van der Waals surface area contributed by atoms with E-state index in [1.807, 2.05) is 49.3 Å². The molecule has 146 valence electrons. The van der Waals surface area contributed by atoms with Crippen molar-refractivity contribution in [2.45, 2.75) is 6.04 Å². The topological polar surface area (TPSA) is 70.1 Å². The Kier molecular flexibility index (Phi) is 5.80. The molecule has 0 aliphatic carbocycles. The number of hydrogen-bond donors (Lipinski definition) is 1. The third-order valence-electron chi connectivity index (χ3n) is 4.85. The van der Waals surface area contributed by atoms with Gasteiger partial charge in [-0.2, -0.15) is 0 Å². The first-order chi connectivity index (χ1) is 13.5. The molecule has 1 heterocycles. The normalized spacial score (nSPS) is 18.5. The lowest BCUT2D eigenvalue weighted by Crippen LogP contribution is -2.32. The second kappa shape index (κ2) is 8.27. The zero-order chi connectivity index (χ0) is 20.3. The van der Waals surface area contributed by atoms with Crippen molar-refractivity contribution in [2.75, 3.05) is 39.3 Å². The molecule has 6 nitrogen and oxygen atoms in total. The van der Waals surface area contributed by atoms with Crippen molar-refractivity contribution in [1.29, 1.82) is 0 Å². The Morgan fingerprint density at radius 3 is 2.29 bits per heavy atom. The van der Waals surface area contributed by atoms with E-state index in [0.29, 0.717) is 12.2 Å². The van der Waals surface area contributed by atoms with Crippen LogP contribution >= 0.6 is 0 Å². The second-order valence-electron chi connectivity index (χ2n) is 6.84. The van der Waals surface area contributed by atoms with Crippen LogP contribution in [0.2, 0.25) is 0 Å². The van der Waals surface area contributed by atoms with Crippen molar-refractivity contribution in [3.8, 4) is 0 Å². The number of nitrogens with zero attached hydrogens (tertiary/aromatic N) is 2. The average Bonchev–Trinajstić information content (AvgIpc) is 2.97. The van der Waals surface area contributed by atoms with Crippen LogP contribution in [0, 0.1) is 0 Å². The van der Waals surface area contributed by atoms with Gasteiger partial charge in [-0.3, -0.25) is 9.59 Å². The van der Waals surface area contributed by atoms with Crippen LogP contribution in [-0.4, -0.2) is 56.1 Å². The summed E-state index contributed by atoms with van der Waals surface area (Å²) in [5.74, 6) is -1.48. The summed E-state index contributed by atoms with van der Waals surface area (Å²) in [5, 5.41) is 10.9. The van der Waals surface area contributed by atoms with Gasteiger partial charge in [0.25, 0.3) is 11.7 Å². The highest BCUT2D eigenvalue weighted by Crippen LogP contribution is 2.39. The quantitative estimate of drug-likeness (QED) is 0.474. The molecule has 3 rings (SSSR count). The largest absolute Gasteiger partial charge is 0.507 e. The van der Waals surface area contributed by atoms with Crippen LogP contribution in [0.1, 0.15) is 17.2 Å². The number of ketones is 1. The number of Topliss-reactive ketones (excluding diaryl/α,β-unsaturated/α-hetero) is 1. The van der Waals surface area contributed by atoms with Crippen molar-refractivity contribution in [3.05, 3.63) is 71.3 Å². The minimum Gasteiger partial charge on any atom is -0.507 e. The first-order valence-corrected chi connectivity index (χ1v) is 9.05. The smallest absolute Gasteiger partial charge is 0.295 e. The molecule has 0 radical (unpaired) electrons. The van der Waals surface area contributed by atoms with E-state index in [2.05, 4.69) is 0 Å². The van der Waals surface area contributed by atoms with E-state index in [-0.39, 0.29) is 17.9 Å². The molecule has 1 saturated heterocycles. The highest BCUT2D eigenvalue weighted by Gasteiger charge is 2.45. The molecule has 0 saturated carbocycles. The van der Waals surface area contributed by atoms with Crippen LogP contribution < -0.4 is 4.90 Å². The minimum atomic E-state index is -0.681. The van der Waals surface area contributed by atoms with Crippen LogP contribution in [0.15, 0.2) is 60.2 Å². The van der Waals surface area contributed by atoms with E-state index in [0.717, 1.165) is 11.3 Å². The van der Waals surface area contributed by atoms with Crippen LogP contribution in [0.4, 0.5) is 5.69 Å². The van der Waals surface area contributed by atoms with Gasteiger partial charge in [0, 0.05) is 39.0 Å². The number of hydrogen-bond acceptors (Lipinski definition) is 5. The monoisotopic (exact) mass is 380 g/mol. The Morgan fingerprint density at radius 2 is 1.71 bits per heavy atom. The standard InChI is InChI=1S/C22H24N2O4/c1-23(2)17-11-9-15(10-12-17)19-18(20(25)16-7-5-4-6-8-16)21(26)22(27)24(19)13-14-28-3/h4-12,19,25H,13-14H2,1-3H3/t19-/m1/s1. The number of likely N-dealkylation sites (tertiary alicyclic amines) is 1. The van der Waals surface area contributed by atoms with Gasteiger partial charge >= 0.3 is 0 Å². The van der Waals surface area contributed by atoms with E-state index < -0.39 is 17.7 Å².